The molecule has 0 aliphatic rings. The highest BCUT2D eigenvalue weighted by atomic mass is 16.5. The molecule has 1 aromatic carbocycles. The molecule has 2 heterocycles. The minimum atomic E-state index is 0.116. The molecular weight excluding hydrogens is 332 g/mol. The molecule has 0 radical (unpaired) electrons. The van der Waals surface area contributed by atoms with Crippen LogP contribution in [0.4, 0.5) is 17.5 Å². The molecule has 0 bridgehead atoms. The number of benzene rings is 1. The molecule has 0 aliphatic carbocycles. The first kappa shape index (κ1) is 17.5. The molecule has 0 saturated heterocycles. The van der Waals surface area contributed by atoms with Gasteiger partial charge in [0, 0.05) is 18.8 Å². The first-order chi connectivity index (χ1) is 12.5. The van der Waals surface area contributed by atoms with Crippen molar-refractivity contribution in [2.75, 3.05) is 30.5 Å². The van der Waals surface area contributed by atoms with Crippen LogP contribution in [-0.4, -0.2) is 28.7 Å². The van der Waals surface area contributed by atoms with Gasteiger partial charge in [0.05, 0.1) is 24.8 Å². The van der Waals surface area contributed by atoms with Crippen LogP contribution < -0.4 is 26.3 Å². The fourth-order valence-corrected chi connectivity index (χ4v) is 2.78. The van der Waals surface area contributed by atoms with Crippen LogP contribution in [0, 0.1) is 6.92 Å². The van der Waals surface area contributed by atoms with Crippen molar-refractivity contribution in [3.8, 4) is 11.5 Å². The summed E-state index contributed by atoms with van der Waals surface area (Å²) in [5.41, 5.74) is 14.9. The quantitative estimate of drug-likeness (QED) is 0.617. The fourth-order valence-electron chi connectivity index (χ4n) is 2.78. The molecule has 26 heavy (non-hydrogen) atoms. The van der Waals surface area contributed by atoms with Crippen molar-refractivity contribution < 1.29 is 9.47 Å². The number of anilines is 3. The molecular formula is C18H22N6O2. The first-order valence-corrected chi connectivity index (χ1v) is 8.25. The van der Waals surface area contributed by atoms with Crippen LogP contribution in [0.2, 0.25) is 0 Å². The average molecular weight is 354 g/mol. The third-order valence-corrected chi connectivity index (χ3v) is 4.09. The lowest BCUT2D eigenvalue weighted by Crippen LogP contribution is -2.07. The summed E-state index contributed by atoms with van der Waals surface area (Å²) in [6, 6.07) is 5.65. The zero-order valence-electron chi connectivity index (χ0n) is 15.0. The Labute approximate surface area is 151 Å². The van der Waals surface area contributed by atoms with Crippen molar-refractivity contribution in [3.63, 3.8) is 0 Å². The zero-order chi connectivity index (χ0) is 18.7. The smallest absolute Gasteiger partial charge is 0.224 e. The van der Waals surface area contributed by atoms with Crippen molar-refractivity contribution in [1.29, 1.82) is 0 Å². The molecule has 0 unspecified atom stereocenters. The van der Waals surface area contributed by atoms with Crippen LogP contribution in [0.25, 0.3) is 11.0 Å². The SMILES string of the molecule is CCOc1ccc(OC)c(NCc2cnc3nc(N)nc(N)c3c2C)c1. The van der Waals surface area contributed by atoms with Crippen molar-refractivity contribution in [1.82, 2.24) is 15.0 Å². The number of nitrogens with two attached hydrogens (primary N) is 2. The summed E-state index contributed by atoms with van der Waals surface area (Å²) in [5.74, 6) is 1.95. The number of nitrogen functional groups attached to an aromatic ring is 2. The molecule has 2 aromatic heterocycles. The Morgan fingerprint density at radius 1 is 1.19 bits per heavy atom. The van der Waals surface area contributed by atoms with Crippen molar-refractivity contribution in [2.45, 2.75) is 20.4 Å². The number of hydrogen-bond acceptors (Lipinski definition) is 8. The van der Waals surface area contributed by atoms with Crippen LogP contribution in [0.5, 0.6) is 11.5 Å². The Hall–Kier alpha value is -3.29. The van der Waals surface area contributed by atoms with Crippen molar-refractivity contribution >= 4 is 28.5 Å². The van der Waals surface area contributed by atoms with Gasteiger partial charge in [0.2, 0.25) is 5.95 Å². The van der Waals surface area contributed by atoms with E-state index in [0.29, 0.717) is 30.0 Å². The van der Waals surface area contributed by atoms with E-state index in [9.17, 15) is 0 Å². The number of aromatic nitrogens is 3. The van der Waals surface area contributed by atoms with Crippen molar-refractivity contribution in [3.05, 3.63) is 35.5 Å². The Kier molecular flexibility index (Phi) is 4.92. The van der Waals surface area contributed by atoms with Gasteiger partial charge in [0.15, 0.2) is 5.65 Å². The third-order valence-electron chi connectivity index (χ3n) is 4.09. The summed E-state index contributed by atoms with van der Waals surface area (Å²) in [6.45, 7) is 5.04. The summed E-state index contributed by atoms with van der Waals surface area (Å²) in [5, 5.41) is 4.08. The van der Waals surface area contributed by atoms with Crippen LogP contribution >= 0.6 is 0 Å². The number of methoxy groups -OCH3 is 1. The Balaban J connectivity index is 1.90. The van der Waals surface area contributed by atoms with E-state index in [4.69, 9.17) is 20.9 Å². The zero-order valence-corrected chi connectivity index (χ0v) is 15.0. The van der Waals surface area contributed by atoms with Gasteiger partial charge in [0.1, 0.15) is 17.3 Å². The highest BCUT2D eigenvalue weighted by molar-refractivity contribution is 5.90. The minimum Gasteiger partial charge on any atom is -0.495 e. The first-order valence-electron chi connectivity index (χ1n) is 8.25. The normalized spacial score (nSPS) is 10.7. The molecule has 5 N–H and O–H groups in total. The second kappa shape index (κ2) is 7.30. The predicted molar refractivity (Wildman–Crippen MR) is 102 cm³/mol. The van der Waals surface area contributed by atoms with Crippen LogP contribution in [0.1, 0.15) is 18.1 Å². The second-order valence-corrected chi connectivity index (χ2v) is 5.72. The van der Waals surface area contributed by atoms with E-state index >= 15 is 0 Å². The maximum absolute atomic E-state index is 6.00. The number of nitrogens with zero attached hydrogens (tertiary/aromatic N) is 3. The molecule has 3 rings (SSSR count). The average Bonchev–Trinajstić information content (AvgIpc) is 2.61. The lowest BCUT2D eigenvalue weighted by molar-refractivity contribution is 0.339. The van der Waals surface area contributed by atoms with Crippen molar-refractivity contribution in [2.24, 2.45) is 0 Å². The van der Waals surface area contributed by atoms with Crippen LogP contribution in [0.15, 0.2) is 24.4 Å². The standard InChI is InChI=1S/C18H22N6O2/c1-4-26-12-5-6-14(25-3)13(7-12)21-8-11-9-22-17-15(10(11)2)16(19)23-18(20)24-17/h5-7,9,21H,4,8H2,1-3H3,(H4,19,20,22,23,24). The molecule has 8 nitrogen and oxygen atoms in total. The monoisotopic (exact) mass is 354 g/mol. The number of rotatable bonds is 6. The predicted octanol–water partition coefficient (Wildman–Crippen LogP) is 2.52. The maximum atomic E-state index is 6.00. The van der Waals surface area contributed by atoms with Gasteiger partial charge in [-0.3, -0.25) is 0 Å². The molecule has 0 spiro atoms. The summed E-state index contributed by atoms with van der Waals surface area (Å²) in [6.07, 6.45) is 1.76. The van der Waals surface area contributed by atoms with Gasteiger partial charge in [-0.25, -0.2) is 4.98 Å². The summed E-state index contributed by atoms with van der Waals surface area (Å²) >= 11 is 0. The highest BCUT2D eigenvalue weighted by Crippen LogP contribution is 2.30. The lowest BCUT2D eigenvalue weighted by atomic mass is 10.1. The van der Waals surface area contributed by atoms with E-state index in [-0.39, 0.29) is 5.95 Å². The Morgan fingerprint density at radius 3 is 2.73 bits per heavy atom. The molecule has 3 aromatic rings. The Morgan fingerprint density at radius 2 is 2.00 bits per heavy atom. The maximum Gasteiger partial charge on any atom is 0.224 e. The van der Waals surface area contributed by atoms with Gasteiger partial charge in [-0.15, -0.1) is 0 Å². The number of fused-ring (bicyclic) bond motifs is 1. The summed E-state index contributed by atoms with van der Waals surface area (Å²) in [7, 11) is 1.63. The summed E-state index contributed by atoms with van der Waals surface area (Å²) < 4.78 is 11.0. The van der Waals surface area contributed by atoms with E-state index in [2.05, 4.69) is 20.3 Å². The van der Waals surface area contributed by atoms with Gasteiger partial charge in [-0.05, 0) is 37.1 Å². The Bertz CT molecular complexity index is 945. The topological polar surface area (TPSA) is 121 Å². The molecule has 136 valence electrons. The van der Waals surface area contributed by atoms with Crippen LogP contribution in [0.3, 0.4) is 0 Å². The molecule has 0 fully saturated rings. The molecule has 8 heteroatoms. The third kappa shape index (κ3) is 3.39. The van der Waals surface area contributed by atoms with Gasteiger partial charge < -0.3 is 26.3 Å². The molecule has 0 aliphatic heterocycles. The number of aryl methyl sites for hydroxylation is 1. The summed E-state index contributed by atoms with van der Waals surface area (Å²) in [4.78, 5) is 12.5. The van der Waals surface area contributed by atoms with Gasteiger partial charge >= 0.3 is 0 Å². The molecule has 0 amide bonds. The number of hydrogen-bond donors (Lipinski definition) is 3. The van der Waals surface area contributed by atoms with Gasteiger partial charge in [-0.2, -0.15) is 9.97 Å². The van der Waals surface area contributed by atoms with Gasteiger partial charge in [-0.1, -0.05) is 0 Å². The highest BCUT2D eigenvalue weighted by Gasteiger charge is 2.12. The minimum absolute atomic E-state index is 0.116. The van der Waals surface area contributed by atoms with E-state index in [1.807, 2.05) is 32.0 Å². The van der Waals surface area contributed by atoms with E-state index in [0.717, 1.165) is 28.3 Å². The number of ether oxygens (including phenoxy) is 2. The van der Waals surface area contributed by atoms with Gasteiger partial charge in [0.25, 0.3) is 0 Å². The van der Waals surface area contributed by atoms with E-state index in [1.165, 1.54) is 0 Å². The lowest BCUT2D eigenvalue weighted by Gasteiger charge is -2.15. The van der Waals surface area contributed by atoms with E-state index < -0.39 is 0 Å². The van der Waals surface area contributed by atoms with E-state index in [1.54, 1.807) is 13.3 Å². The molecule has 0 atom stereocenters. The number of pyridine rings is 1. The van der Waals surface area contributed by atoms with Crippen LogP contribution in [-0.2, 0) is 6.54 Å². The second-order valence-electron chi connectivity index (χ2n) is 5.72. The fraction of sp³-hybridized carbons (Fsp3) is 0.278. The largest absolute Gasteiger partial charge is 0.495 e. The molecule has 0 saturated carbocycles. The number of nitrogens with one attached hydrogen (secondary N) is 1.